The highest BCUT2D eigenvalue weighted by Gasteiger charge is 2.25. The lowest BCUT2D eigenvalue weighted by molar-refractivity contribution is 0.626. The van der Waals surface area contributed by atoms with Gasteiger partial charge in [-0.2, -0.15) is 0 Å². The molecule has 0 amide bonds. The Bertz CT molecular complexity index is 2370. The zero-order chi connectivity index (χ0) is 30.6. The minimum Gasteiger partial charge on any atom is -0.374 e. The number of nitrogens with zero attached hydrogens (tertiary/aromatic N) is 1. The van der Waals surface area contributed by atoms with Gasteiger partial charge >= 0.3 is 0 Å². The molecule has 0 bridgehead atoms. The molecule has 46 heavy (non-hydrogen) atoms. The minimum atomic E-state index is -0.225. The molecule has 2 nitrogen and oxygen atoms in total. The highest BCUT2D eigenvalue weighted by molar-refractivity contribution is 7.21. The zero-order valence-electron chi connectivity index (χ0n) is 24.7. The first kappa shape index (κ1) is 26.8. The van der Waals surface area contributed by atoms with Crippen LogP contribution in [0.15, 0.2) is 152 Å². The van der Waals surface area contributed by atoms with Gasteiger partial charge in [0.1, 0.15) is 10.8 Å². The number of rotatable bonds is 4. The number of para-hydroxylation sites is 1. The summed E-state index contributed by atoms with van der Waals surface area (Å²) in [4.78, 5) is 4.82. The number of hydrogen-bond acceptors (Lipinski definition) is 3. The largest absolute Gasteiger partial charge is 0.374 e. The molecule has 4 heteroatoms. The summed E-state index contributed by atoms with van der Waals surface area (Å²) in [5.41, 5.74) is 12.6. The van der Waals surface area contributed by atoms with Gasteiger partial charge in [0.15, 0.2) is 0 Å². The Balaban J connectivity index is 1.02. The monoisotopic (exact) mass is 610 g/mol. The number of anilines is 1. The molecule has 1 N–H and O–H groups in total. The van der Waals surface area contributed by atoms with E-state index in [4.69, 9.17) is 4.98 Å². The van der Waals surface area contributed by atoms with E-state index >= 15 is 0 Å². The smallest absolute Gasteiger partial charge is 0.124 e. The summed E-state index contributed by atoms with van der Waals surface area (Å²) in [6, 6.07) is 52.3. The molecular weight excluding hydrogens is 584 g/mol. The van der Waals surface area contributed by atoms with Crippen LogP contribution in [0.3, 0.4) is 0 Å². The standard InChI is InChI=1S/C42H27FN2S/c43-34-20-17-27(18-21-34)41-37-6-2-1-5-35(37)36-22-19-33(25-39(36)44-41)32-16-15-30-23-29(13-14-31(30)24-32)26-9-11-28(12-10-26)42-45-38-7-3-4-8-40(38)46-42/h1-25,41,44H. The van der Waals surface area contributed by atoms with Crippen LogP contribution >= 0.6 is 11.3 Å². The molecule has 0 spiro atoms. The van der Waals surface area contributed by atoms with Crippen LogP contribution in [0.4, 0.5) is 10.1 Å². The third-order valence-electron chi connectivity index (χ3n) is 9.02. The van der Waals surface area contributed by atoms with Crippen LogP contribution in [0.5, 0.6) is 0 Å². The van der Waals surface area contributed by atoms with Gasteiger partial charge in [-0.25, -0.2) is 9.37 Å². The minimum absolute atomic E-state index is 0.0511. The molecule has 1 aliphatic rings. The molecule has 0 radical (unpaired) electrons. The van der Waals surface area contributed by atoms with E-state index in [2.05, 4.69) is 127 Å². The number of nitrogens with one attached hydrogen (secondary N) is 1. The molecule has 8 aromatic rings. The normalized spacial score (nSPS) is 13.7. The molecule has 0 aliphatic carbocycles. The Morgan fingerprint density at radius 2 is 1.17 bits per heavy atom. The lowest BCUT2D eigenvalue weighted by atomic mass is 9.85. The second kappa shape index (κ2) is 10.8. The third kappa shape index (κ3) is 4.66. The molecule has 1 aromatic heterocycles. The van der Waals surface area contributed by atoms with Gasteiger partial charge in [0.25, 0.3) is 0 Å². The van der Waals surface area contributed by atoms with E-state index in [0.29, 0.717) is 0 Å². The van der Waals surface area contributed by atoms with Gasteiger partial charge in [-0.1, -0.05) is 109 Å². The number of halogens is 1. The Hall–Kier alpha value is -5.58. The molecule has 7 aromatic carbocycles. The quantitative estimate of drug-likeness (QED) is 0.214. The molecule has 1 aliphatic heterocycles. The SMILES string of the molecule is Fc1ccc(C2Nc3cc(-c4ccc5cc(-c6ccc(-c7nc8ccccc8s7)cc6)ccc5c4)ccc3-c3ccccc32)cc1. The fourth-order valence-electron chi connectivity index (χ4n) is 6.63. The van der Waals surface area contributed by atoms with Gasteiger partial charge < -0.3 is 5.32 Å². The van der Waals surface area contributed by atoms with Crippen molar-refractivity contribution in [3.8, 4) is 44.0 Å². The van der Waals surface area contributed by atoms with Crippen LogP contribution in [0.1, 0.15) is 17.2 Å². The van der Waals surface area contributed by atoms with Crippen molar-refractivity contribution in [2.75, 3.05) is 5.32 Å². The highest BCUT2D eigenvalue weighted by atomic mass is 32.1. The number of thiazole rings is 1. The molecule has 2 heterocycles. The number of benzene rings is 7. The van der Waals surface area contributed by atoms with Crippen molar-refractivity contribution in [2.24, 2.45) is 0 Å². The summed E-state index contributed by atoms with van der Waals surface area (Å²) in [5.74, 6) is -0.225. The van der Waals surface area contributed by atoms with Crippen LogP contribution in [0.2, 0.25) is 0 Å². The van der Waals surface area contributed by atoms with Gasteiger partial charge in [-0.05, 0) is 92.2 Å². The predicted octanol–water partition coefficient (Wildman–Crippen LogP) is 11.8. The molecule has 1 atom stereocenters. The lowest BCUT2D eigenvalue weighted by Gasteiger charge is -2.30. The molecule has 218 valence electrons. The van der Waals surface area contributed by atoms with Crippen LogP contribution in [0.25, 0.3) is 64.9 Å². The van der Waals surface area contributed by atoms with Gasteiger partial charge in [-0.15, -0.1) is 11.3 Å². The van der Waals surface area contributed by atoms with Crippen molar-refractivity contribution in [3.05, 3.63) is 169 Å². The van der Waals surface area contributed by atoms with E-state index < -0.39 is 0 Å². The van der Waals surface area contributed by atoms with Crippen LogP contribution in [0, 0.1) is 5.82 Å². The first-order valence-electron chi connectivity index (χ1n) is 15.4. The fraction of sp³-hybridized carbons (Fsp3) is 0.0238. The average molecular weight is 611 g/mol. The van der Waals surface area contributed by atoms with Gasteiger partial charge in [0.05, 0.1) is 16.3 Å². The van der Waals surface area contributed by atoms with Crippen molar-refractivity contribution >= 4 is 38.0 Å². The fourth-order valence-corrected chi connectivity index (χ4v) is 7.60. The van der Waals surface area contributed by atoms with Crippen LogP contribution in [-0.4, -0.2) is 4.98 Å². The van der Waals surface area contributed by atoms with Gasteiger partial charge in [0, 0.05) is 16.8 Å². The van der Waals surface area contributed by atoms with Crippen molar-refractivity contribution in [2.45, 2.75) is 6.04 Å². The highest BCUT2D eigenvalue weighted by Crippen LogP contribution is 2.44. The van der Waals surface area contributed by atoms with Crippen molar-refractivity contribution < 1.29 is 4.39 Å². The maximum absolute atomic E-state index is 13.7. The topological polar surface area (TPSA) is 24.9 Å². The molecule has 0 fully saturated rings. The van der Waals surface area contributed by atoms with E-state index in [0.717, 1.165) is 32.9 Å². The zero-order valence-corrected chi connectivity index (χ0v) is 25.6. The number of aromatic nitrogens is 1. The maximum Gasteiger partial charge on any atom is 0.124 e. The van der Waals surface area contributed by atoms with E-state index in [9.17, 15) is 4.39 Å². The van der Waals surface area contributed by atoms with Gasteiger partial charge in [-0.3, -0.25) is 0 Å². The second-order valence-corrected chi connectivity index (χ2v) is 12.8. The summed E-state index contributed by atoms with van der Waals surface area (Å²) in [7, 11) is 0. The number of hydrogen-bond donors (Lipinski definition) is 1. The third-order valence-corrected chi connectivity index (χ3v) is 10.1. The summed E-state index contributed by atoms with van der Waals surface area (Å²) < 4.78 is 14.9. The Morgan fingerprint density at radius 1 is 0.543 bits per heavy atom. The molecule has 0 saturated carbocycles. The van der Waals surface area contributed by atoms with E-state index in [1.807, 2.05) is 18.2 Å². The first-order chi connectivity index (χ1) is 22.7. The summed E-state index contributed by atoms with van der Waals surface area (Å²) in [6.45, 7) is 0. The molecule has 0 saturated heterocycles. The first-order valence-corrected chi connectivity index (χ1v) is 16.2. The Kier molecular flexibility index (Phi) is 6.29. The molecule has 1 unspecified atom stereocenters. The Labute approximate surface area is 270 Å². The van der Waals surface area contributed by atoms with Crippen LogP contribution < -0.4 is 5.32 Å². The van der Waals surface area contributed by atoms with Crippen molar-refractivity contribution in [3.63, 3.8) is 0 Å². The van der Waals surface area contributed by atoms with Crippen molar-refractivity contribution in [1.29, 1.82) is 0 Å². The molecular formula is C42H27FN2S. The second-order valence-electron chi connectivity index (χ2n) is 11.8. The van der Waals surface area contributed by atoms with E-state index in [1.165, 1.54) is 61.0 Å². The Morgan fingerprint density at radius 3 is 1.96 bits per heavy atom. The van der Waals surface area contributed by atoms with Crippen LogP contribution in [-0.2, 0) is 0 Å². The lowest BCUT2D eigenvalue weighted by Crippen LogP contribution is -2.18. The molecule has 9 rings (SSSR count). The maximum atomic E-state index is 13.7. The van der Waals surface area contributed by atoms with Crippen molar-refractivity contribution in [1.82, 2.24) is 4.98 Å². The van der Waals surface area contributed by atoms with E-state index in [-0.39, 0.29) is 11.9 Å². The average Bonchev–Trinajstić information content (AvgIpc) is 3.56. The van der Waals surface area contributed by atoms with Gasteiger partial charge in [0.2, 0.25) is 0 Å². The predicted molar refractivity (Wildman–Crippen MR) is 191 cm³/mol. The summed E-state index contributed by atoms with van der Waals surface area (Å²) >= 11 is 1.73. The summed E-state index contributed by atoms with van der Waals surface area (Å²) in [6.07, 6.45) is 0. The number of fused-ring (bicyclic) bond motifs is 5. The van der Waals surface area contributed by atoms with E-state index in [1.54, 1.807) is 11.3 Å². The summed E-state index contributed by atoms with van der Waals surface area (Å²) in [5, 5.41) is 7.21.